The molecule has 7 nitrogen and oxygen atoms in total. The molecule has 3 fully saturated rings. The van der Waals surface area contributed by atoms with Crippen LogP contribution < -0.4 is 0 Å². The van der Waals surface area contributed by atoms with E-state index in [4.69, 9.17) is 0 Å². The molecule has 2 heterocycles. The van der Waals surface area contributed by atoms with Crippen LogP contribution in [0.25, 0.3) is 0 Å². The molecule has 0 spiro atoms. The molecule has 1 N–H and O–H groups in total. The Bertz CT molecular complexity index is 1220. The van der Waals surface area contributed by atoms with E-state index in [0.29, 0.717) is 24.0 Å². The van der Waals surface area contributed by atoms with E-state index in [2.05, 4.69) is 0 Å². The summed E-state index contributed by atoms with van der Waals surface area (Å²) in [6.45, 7) is 12.9. The number of hydrogen-bond acceptors (Lipinski definition) is 5. The van der Waals surface area contributed by atoms with Gasteiger partial charge in [-0.05, 0) is 72.8 Å². The highest BCUT2D eigenvalue weighted by molar-refractivity contribution is 6.08. The van der Waals surface area contributed by atoms with E-state index in [1.807, 2.05) is 72.7 Å². The van der Waals surface area contributed by atoms with Gasteiger partial charge in [-0.15, -0.1) is 0 Å². The summed E-state index contributed by atoms with van der Waals surface area (Å²) in [5.41, 5.74) is 0.887. The molecule has 0 aromatic heterocycles. The van der Waals surface area contributed by atoms with E-state index in [-0.39, 0.29) is 35.3 Å². The van der Waals surface area contributed by atoms with Crippen LogP contribution >= 0.6 is 0 Å². The van der Waals surface area contributed by atoms with Crippen LogP contribution in [0.5, 0.6) is 5.75 Å². The van der Waals surface area contributed by atoms with Gasteiger partial charge in [0.25, 0.3) is 0 Å². The van der Waals surface area contributed by atoms with Crippen LogP contribution in [0.2, 0.25) is 0 Å². The van der Waals surface area contributed by atoms with Crippen molar-refractivity contribution >= 4 is 23.6 Å². The third kappa shape index (κ3) is 3.31. The van der Waals surface area contributed by atoms with Crippen molar-refractivity contribution in [2.24, 2.45) is 29.6 Å². The molecule has 6 atom stereocenters. The lowest BCUT2D eigenvalue weighted by Crippen LogP contribution is -2.47. The maximum Gasteiger partial charge on any atom is 0.234 e. The number of likely N-dealkylation sites (tertiary alicyclic amines) is 2. The lowest BCUT2D eigenvalue weighted by atomic mass is 9.57. The fourth-order valence-electron chi connectivity index (χ4n) is 7.19. The maximum atomic E-state index is 13.8. The zero-order chi connectivity index (χ0) is 26.5. The molecule has 0 unspecified atom stereocenters. The Balaban J connectivity index is 1.68. The molecule has 2 aliphatic carbocycles. The van der Waals surface area contributed by atoms with Crippen molar-refractivity contribution in [1.82, 2.24) is 9.80 Å². The van der Waals surface area contributed by atoms with Gasteiger partial charge in [0.2, 0.25) is 23.6 Å². The Morgan fingerprint density at radius 3 is 1.92 bits per heavy atom. The number of fused-ring (bicyclic) bond motifs is 4. The number of phenolic OH excluding ortho intramolecular Hbond substituents is 1. The van der Waals surface area contributed by atoms with Crippen molar-refractivity contribution in [2.45, 2.75) is 78.3 Å². The summed E-state index contributed by atoms with van der Waals surface area (Å²) < 4.78 is 0. The van der Waals surface area contributed by atoms with Crippen LogP contribution in [0.3, 0.4) is 0 Å². The number of para-hydroxylation sites is 1. The third-order valence-electron chi connectivity index (χ3n) is 8.59. The summed E-state index contributed by atoms with van der Waals surface area (Å²) >= 11 is 0. The van der Waals surface area contributed by atoms with Crippen molar-refractivity contribution < 1.29 is 24.3 Å². The summed E-state index contributed by atoms with van der Waals surface area (Å²) in [6, 6.07) is 5.48. The Kier molecular flexibility index (Phi) is 5.33. The minimum absolute atomic E-state index is 0.115. The van der Waals surface area contributed by atoms with Gasteiger partial charge in [-0.2, -0.15) is 0 Å². The van der Waals surface area contributed by atoms with Crippen molar-refractivity contribution in [3.05, 3.63) is 41.0 Å². The van der Waals surface area contributed by atoms with Crippen molar-refractivity contribution in [2.75, 3.05) is 0 Å². The molecular weight excluding hydrogens is 456 g/mol. The van der Waals surface area contributed by atoms with Gasteiger partial charge in [0.1, 0.15) is 5.75 Å². The summed E-state index contributed by atoms with van der Waals surface area (Å²) in [6.07, 6.45) is 2.79. The van der Waals surface area contributed by atoms with Crippen LogP contribution in [-0.2, 0) is 19.2 Å². The number of imide groups is 2. The maximum absolute atomic E-state index is 13.8. The molecule has 1 saturated carbocycles. The minimum Gasteiger partial charge on any atom is -0.507 e. The number of amides is 4. The monoisotopic (exact) mass is 492 g/mol. The van der Waals surface area contributed by atoms with Crippen LogP contribution in [-0.4, -0.2) is 49.6 Å². The van der Waals surface area contributed by atoms with Crippen LogP contribution in [0, 0.1) is 36.5 Å². The zero-order valence-electron chi connectivity index (χ0n) is 22.2. The lowest BCUT2D eigenvalue weighted by molar-refractivity contribution is -0.147. The fourth-order valence-corrected chi connectivity index (χ4v) is 7.19. The molecule has 192 valence electrons. The Morgan fingerprint density at radius 2 is 1.33 bits per heavy atom. The number of nitrogens with zero attached hydrogens (tertiary/aromatic N) is 2. The van der Waals surface area contributed by atoms with E-state index in [9.17, 15) is 24.3 Å². The zero-order valence-corrected chi connectivity index (χ0v) is 22.2. The highest BCUT2D eigenvalue weighted by atomic mass is 16.3. The van der Waals surface area contributed by atoms with E-state index < -0.39 is 40.7 Å². The quantitative estimate of drug-likeness (QED) is 0.473. The number of carbonyl (C=O) groups excluding carboxylic acids is 4. The molecule has 4 amide bonds. The van der Waals surface area contributed by atoms with Gasteiger partial charge < -0.3 is 5.11 Å². The first-order valence-corrected chi connectivity index (χ1v) is 12.9. The van der Waals surface area contributed by atoms with E-state index >= 15 is 0 Å². The number of rotatable bonds is 1. The molecule has 0 radical (unpaired) electrons. The third-order valence-corrected chi connectivity index (χ3v) is 8.59. The molecule has 5 rings (SSSR count). The van der Waals surface area contributed by atoms with Gasteiger partial charge in [0.15, 0.2) is 0 Å². The van der Waals surface area contributed by atoms with Crippen LogP contribution in [0.4, 0.5) is 0 Å². The van der Waals surface area contributed by atoms with Gasteiger partial charge in [0.05, 0.1) is 23.7 Å². The molecular formula is C29H36N2O5. The Labute approximate surface area is 212 Å². The average Bonchev–Trinajstić information content (AvgIpc) is 3.18. The topological polar surface area (TPSA) is 95.0 Å². The van der Waals surface area contributed by atoms with E-state index in [1.165, 1.54) is 9.80 Å². The first-order valence-electron chi connectivity index (χ1n) is 12.9. The van der Waals surface area contributed by atoms with Crippen molar-refractivity contribution in [3.8, 4) is 5.75 Å². The smallest absolute Gasteiger partial charge is 0.234 e. The lowest BCUT2D eigenvalue weighted by Gasteiger charge is -2.44. The number of aromatic hydroxyl groups is 1. The Hall–Kier alpha value is -2.96. The molecule has 1 aromatic carbocycles. The van der Waals surface area contributed by atoms with Crippen LogP contribution in [0.15, 0.2) is 29.8 Å². The van der Waals surface area contributed by atoms with Gasteiger partial charge in [0, 0.05) is 22.6 Å². The number of allylic oxidation sites excluding steroid dienone is 2. The summed E-state index contributed by atoms with van der Waals surface area (Å²) in [4.78, 5) is 57.4. The fraction of sp³-hybridized carbons (Fsp3) is 0.586. The summed E-state index contributed by atoms with van der Waals surface area (Å²) in [7, 11) is 0. The molecule has 2 saturated heterocycles. The second-order valence-electron chi connectivity index (χ2n) is 12.9. The van der Waals surface area contributed by atoms with Gasteiger partial charge in [-0.3, -0.25) is 29.0 Å². The average molecular weight is 493 g/mol. The first-order chi connectivity index (χ1) is 16.7. The second kappa shape index (κ2) is 7.77. The van der Waals surface area contributed by atoms with E-state index in [0.717, 1.165) is 5.57 Å². The second-order valence-corrected chi connectivity index (χ2v) is 12.9. The standard InChI is InChI=1S/C29H36N2O5/c1-14-9-8-10-16(23(14)32)20-15-11-12-17-21(26(35)30(24(17)33)28(2,3)4)18(15)13-19-22(20)27(36)31(25(19)34)29(5,6)7/h8-11,17-22,32H,12-13H2,1-7H3/t17-,18+,19+,20+,21-,22+/m0/s1. The molecule has 4 aliphatic rings. The summed E-state index contributed by atoms with van der Waals surface area (Å²) in [5.74, 6) is -3.81. The van der Waals surface area contributed by atoms with Crippen molar-refractivity contribution in [3.63, 3.8) is 0 Å². The largest absolute Gasteiger partial charge is 0.507 e. The van der Waals surface area contributed by atoms with Crippen molar-refractivity contribution in [1.29, 1.82) is 0 Å². The SMILES string of the molecule is Cc1cccc([C@H]2C3=CC[C@@H]4C(=O)N(C(C)(C)C)C(=O)[C@@H]4[C@@H]3C[C@H]3C(=O)N(C(C)(C)C)C(=O)[C@@H]23)c1O. The van der Waals surface area contributed by atoms with Gasteiger partial charge >= 0.3 is 0 Å². The predicted molar refractivity (Wildman–Crippen MR) is 134 cm³/mol. The molecule has 0 bridgehead atoms. The number of hydrogen-bond donors (Lipinski definition) is 1. The normalized spacial score (nSPS) is 32.5. The highest BCUT2D eigenvalue weighted by Crippen LogP contribution is 2.59. The molecule has 36 heavy (non-hydrogen) atoms. The molecule has 1 aromatic rings. The Morgan fingerprint density at radius 1 is 0.778 bits per heavy atom. The first kappa shape index (κ1) is 24.7. The number of aryl methyl sites for hydroxylation is 1. The molecule has 2 aliphatic heterocycles. The minimum atomic E-state index is -0.686. The number of carbonyl (C=O) groups is 4. The number of phenols is 1. The van der Waals surface area contributed by atoms with Gasteiger partial charge in [-0.1, -0.05) is 29.8 Å². The highest BCUT2D eigenvalue weighted by Gasteiger charge is 2.63. The van der Waals surface area contributed by atoms with E-state index in [1.54, 1.807) is 0 Å². The van der Waals surface area contributed by atoms with Gasteiger partial charge in [-0.25, -0.2) is 0 Å². The van der Waals surface area contributed by atoms with Crippen LogP contribution in [0.1, 0.15) is 71.4 Å². The predicted octanol–water partition coefficient (Wildman–Crippen LogP) is 3.93. The summed E-state index contributed by atoms with van der Waals surface area (Å²) in [5, 5.41) is 11.1. The molecule has 7 heteroatoms. The number of benzene rings is 1.